The average molecular weight is 230 g/mol. The van der Waals surface area contributed by atoms with E-state index in [2.05, 4.69) is 26.0 Å². The molecule has 1 saturated carbocycles. The van der Waals surface area contributed by atoms with Gasteiger partial charge in [-0.3, -0.25) is 0 Å². The van der Waals surface area contributed by atoms with E-state index in [0.29, 0.717) is 11.5 Å². The Morgan fingerprint density at radius 1 is 1.24 bits per heavy atom. The van der Waals surface area contributed by atoms with Crippen LogP contribution in [-0.2, 0) is 4.74 Å². The molecule has 1 fully saturated rings. The van der Waals surface area contributed by atoms with Crippen molar-refractivity contribution in [2.45, 2.75) is 45.6 Å². The van der Waals surface area contributed by atoms with E-state index in [1.807, 2.05) is 30.5 Å². The van der Waals surface area contributed by atoms with Crippen molar-refractivity contribution in [3.05, 3.63) is 42.2 Å². The molecular formula is C16H22O. The maximum atomic E-state index is 5.84. The Morgan fingerprint density at radius 2 is 2.00 bits per heavy atom. The molecule has 1 heteroatoms. The summed E-state index contributed by atoms with van der Waals surface area (Å²) in [6.45, 7) is 4.67. The molecule has 1 aliphatic carbocycles. The maximum Gasteiger partial charge on any atom is 0.0983 e. The van der Waals surface area contributed by atoms with E-state index >= 15 is 0 Å². The fraction of sp³-hybridized carbons (Fsp3) is 0.500. The van der Waals surface area contributed by atoms with Gasteiger partial charge in [-0.1, -0.05) is 44.2 Å². The standard InChI is InChI=1S/C16H22O/c1-16(2)11-6-9-15(13-16)17-12-10-14-7-4-3-5-8-14/h3-5,7-8,10,12,15H,6,9,11,13H2,1-2H3. The van der Waals surface area contributed by atoms with Gasteiger partial charge in [0.1, 0.15) is 0 Å². The normalized spacial score (nSPS) is 23.8. The minimum absolute atomic E-state index is 0.402. The second-order valence-corrected chi connectivity index (χ2v) is 5.73. The molecule has 1 unspecified atom stereocenters. The molecule has 0 heterocycles. The Morgan fingerprint density at radius 3 is 2.71 bits per heavy atom. The first-order valence-electron chi connectivity index (χ1n) is 6.53. The molecule has 1 aliphatic rings. The average Bonchev–Trinajstić information content (AvgIpc) is 2.29. The Kier molecular flexibility index (Phi) is 3.88. The monoisotopic (exact) mass is 230 g/mol. The van der Waals surface area contributed by atoms with Crippen LogP contribution in [0.1, 0.15) is 45.1 Å². The lowest BCUT2D eigenvalue weighted by atomic mass is 9.76. The van der Waals surface area contributed by atoms with Crippen molar-refractivity contribution < 1.29 is 4.74 Å². The minimum Gasteiger partial charge on any atom is -0.498 e. The van der Waals surface area contributed by atoms with Crippen LogP contribution < -0.4 is 0 Å². The molecule has 0 spiro atoms. The van der Waals surface area contributed by atoms with Crippen molar-refractivity contribution in [1.29, 1.82) is 0 Å². The minimum atomic E-state index is 0.402. The molecule has 2 rings (SSSR count). The molecule has 0 bridgehead atoms. The highest BCUT2D eigenvalue weighted by molar-refractivity contribution is 5.47. The second kappa shape index (κ2) is 5.39. The van der Waals surface area contributed by atoms with Gasteiger partial charge in [0.2, 0.25) is 0 Å². The third kappa shape index (κ3) is 3.92. The van der Waals surface area contributed by atoms with Gasteiger partial charge in [0.05, 0.1) is 12.4 Å². The molecular weight excluding hydrogens is 208 g/mol. The smallest absolute Gasteiger partial charge is 0.0983 e. The first-order chi connectivity index (χ1) is 8.16. The Labute approximate surface area is 104 Å². The molecule has 0 amide bonds. The van der Waals surface area contributed by atoms with E-state index < -0.39 is 0 Å². The van der Waals surface area contributed by atoms with Crippen LogP contribution in [0, 0.1) is 5.41 Å². The first-order valence-corrected chi connectivity index (χ1v) is 6.53. The third-order valence-corrected chi connectivity index (χ3v) is 3.49. The van der Waals surface area contributed by atoms with Crippen molar-refractivity contribution in [3.63, 3.8) is 0 Å². The molecule has 17 heavy (non-hydrogen) atoms. The van der Waals surface area contributed by atoms with Gasteiger partial charge >= 0.3 is 0 Å². The van der Waals surface area contributed by atoms with Crippen LogP contribution in [0.5, 0.6) is 0 Å². The lowest BCUT2D eigenvalue weighted by Gasteiger charge is -2.34. The molecule has 1 aromatic rings. The van der Waals surface area contributed by atoms with E-state index in [1.165, 1.54) is 31.2 Å². The van der Waals surface area contributed by atoms with Gasteiger partial charge in [0, 0.05) is 0 Å². The molecule has 0 N–H and O–H groups in total. The van der Waals surface area contributed by atoms with Crippen LogP contribution in [0.4, 0.5) is 0 Å². The van der Waals surface area contributed by atoms with E-state index in [1.54, 1.807) is 0 Å². The molecule has 0 aliphatic heterocycles. The lowest BCUT2D eigenvalue weighted by molar-refractivity contribution is 0.0524. The highest BCUT2D eigenvalue weighted by Crippen LogP contribution is 2.36. The van der Waals surface area contributed by atoms with Crippen molar-refractivity contribution in [2.75, 3.05) is 0 Å². The van der Waals surface area contributed by atoms with E-state index in [4.69, 9.17) is 4.74 Å². The fourth-order valence-electron chi connectivity index (χ4n) is 2.54. The van der Waals surface area contributed by atoms with Gasteiger partial charge < -0.3 is 4.74 Å². The highest BCUT2D eigenvalue weighted by Gasteiger charge is 2.28. The molecule has 0 radical (unpaired) electrons. The number of hydrogen-bond donors (Lipinski definition) is 0. The molecule has 1 nitrogen and oxygen atoms in total. The predicted octanol–water partition coefficient (Wildman–Crippen LogP) is 4.64. The zero-order chi connectivity index (χ0) is 12.1. The summed E-state index contributed by atoms with van der Waals surface area (Å²) in [6, 6.07) is 10.3. The summed E-state index contributed by atoms with van der Waals surface area (Å²) < 4.78 is 5.84. The van der Waals surface area contributed by atoms with E-state index in [0.717, 1.165) is 0 Å². The third-order valence-electron chi connectivity index (χ3n) is 3.49. The Hall–Kier alpha value is -1.24. The largest absolute Gasteiger partial charge is 0.498 e. The Balaban J connectivity index is 1.84. The van der Waals surface area contributed by atoms with Crippen LogP contribution in [-0.4, -0.2) is 6.10 Å². The van der Waals surface area contributed by atoms with Gasteiger partial charge in [-0.2, -0.15) is 0 Å². The topological polar surface area (TPSA) is 9.23 Å². The number of benzene rings is 1. The van der Waals surface area contributed by atoms with Gasteiger partial charge in [0.25, 0.3) is 0 Å². The van der Waals surface area contributed by atoms with E-state index in [-0.39, 0.29) is 0 Å². The van der Waals surface area contributed by atoms with Crippen LogP contribution in [0.3, 0.4) is 0 Å². The summed E-state index contributed by atoms with van der Waals surface area (Å²) in [5.41, 5.74) is 1.64. The zero-order valence-electron chi connectivity index (χ0n) is 10.9. The number of ether oxygens (including phenoxy) is 1. The van der Waals surface area contributed by atoms with Gasteiger partial charge in [0.15, 0.2) is 0 Å². The molecule has 92 valence electrons. The van der Waals surface area contributed by atoms with Gasteiger partial charge in [-0.15, -0.1) is 0 Å². The summed E-state index contributed by atoms with van der Waals surface area (Å²) in [5, 5.41) is 0. The van der Waals surface area contributed by atoms with Crippen molar-refractivity contribution in [3.8, 4) is 0 Å². The van der Waals surface area contributed by atoms with Crippen LogP contribution in [0.25, 0.3) is 6.08 Å². The Bertz CT molecular complexity index is 364. The van der Waals surface area contributed by atoms with Crippen molar-refractivity contribution in [1.82, 2.24) is 0 Å². The zero-order valence-corrected chi connectivity index (χ0v) is 10.9. The van der Waals surface area contributed by atoms with Crippen molar-refractivity contribution >= 4 is 6.08 Å². The molecule has 1 aromatic carbocycles. The van der Waals surface area contributed by atoms with Gasteiger partial charge in [-0.05, 0) is 42.7 Å². The second-order valence-electron chi connectivity index (χ2n) is 5.73. The van der Waals surface area contributed by atoms with Crippen LogP contribution in [0.2, 0.25) is 0 Å². The summed E-state index contributed by atoms with van der Waals surface area (Å²) in [6.07, 6.45) is 9.29. The lowest BCUT2D eigenvalue weighted by Crippen LogP contribution is -2.27. The van der Waals surface area contributed by atoms with E-state index in [9.17, 15) is 0 Å². The fourth-order valence-corrected chi connectivity index (χ4v) is 2.54. The summed E-state index contributed by atoms with van der Waals surface area (Å²) in [5.74, 6) is 0. The molecule has 0 aromatic heterocycles. The number of hydrogen-bond acceptors (Lipinski definition) is 1. The van der Waals surface area contributed by atoms with Crippen molar-refractivity contribution in [2.24, 2.45) is 5.41 Å². The van der Waals surface area contributed by atoms with Crippen LogP contribution in [0.15, 0.2) is 36.6 Å². The molecule has 1 atom stereocenters. The SMILES string of the molecule is CC1(C)CCCC(OC=Cc2ccccc2)C1. The summed E-state index contributed by atoms with van der Waals surface area (Å²) in [4.78, 5) is 0. The predicted molar refractivity (Wildman–Crippen MR) is 72.6 cm³/mol. The molecule has 0 saturated heterocycles. The maximum absolute atomic E-state index is 5.84. The number of rotatable bonds is 3. The van der Waals surface area contributed by atoms with Gasteiger partial charge in [-0.25, -0.2) is 0 Å². The highest BCUT2D eigenvalue weighted by atomic mass is 16.5. The summed E-state index contributed by atoms with van der Waals surface area (Å²) >= 11 is 0. The van der Waals surface area contributed by atoms with Crippen LogP contribution >= 0.6 is 0 Å². The quantitative estimate of drug-likeness (QED) is 0.687. The first kappa shape index (κ1) is 12.2. The summed E-state index contributed by atoms with van der Waals surface area (Å²) in [7, 11) is 0.